The van der Waals surface area contributed by atoms with Gasteiger partial charge in [0.25, 0.3) is 0 Å². The van der Waals surface area contributed by atoms with Crippen molar-refractivity contribution >= 4 is 5.96 Å². The molecule has 0 radical (unpaired) electrons. The minimum absolute atomic E-state index is 0.304. The number of rotatable bonds is 0. The summed E-state index contributed by atoms with van der Waals surface area (Å²) in [6.45, 7) is 4.17. The second-order valence-corrected chi connectivity index (χ2v) is 9.24. The van der Waals surface area contributed by atoms with Crippen molar-refractivity contribution in [2.45, 2.75) is 57.3 Å². The number of hydrogen-bond donors (Lipinski definition) is 1. The van der Waals surface area contributed by atoms with E-state index in [1.807, 2.05) is 12.1 Å². The molecule has 0 amide bonds. The fourth-order valence-electron chi connectivity index (χ4n) is 5.01. The van der Waals surface area contributed by atoms with Crippen LogP contribution in [0.2, 0.25) is 0 Å². The van der Waals surface area contributed by atoms with Gasteiger partial charge in [-0.1, -0.05) is 50.0 Å². The summed E-state index contributed by atoms with van der Waals surface area (Å²) in [6.07, 6.45) is 4.53. The molecule has 1 aliphatic carbocycles. The molecule has 2 aromatic carbocycles. The lowest BCUT2D eigenvalue weighted by Gasteiger charge is -2.45. The Labute approximate surface area is 184 Å². The summed E-state index contributed by atoms with van der Waals surface area (Å²) in [4.78, 5) is 11.2. The standard InChI is InChI=1S/C26H29N3O2/c1-18(2)10-11-19-12-13-23-22(15-19)26(28-24(27)29(3)31-26)17-25(30-23)14-6-9-20-7-4-5-8-21(20)16-25/h4-5,7-8,12-13,15,18H,6,9,14,16-17H2,1-3H3,(H2,27,28). The largest absolute Gasteiger partial charge is 0.486 e. The van der Waals surface area contributed by atoms with E-state index < -0.39 is 5.72 Å². The van der Waals surface area contributed by atoms with Crippen LogP contribution in [0.5, 0.6) is 5.75 Å². The fourth-order valence-corrected chi connectivity index (χ4v) is 5.01. The van der Waals surface area contributed by atoms with Gasteiger partial charge in [0.15, 0.2) is 0 Å². The lowest BCUT2D eigenvalue weighted by molar-refractivity contribution is -0.204. The third kappa shape index (κ3) is 3.55. The number of ether oxygens (including phenoxy) is 1. The van der Waals surface area contributed by atoms with E-state index in [1.54, 1.807) is 12.1 Å². The quantitative estimate of drug-likeness (QED) is 0.657. The summed E-state index contributed by atoms with van der Waals surface area (Å²) >= 11 is 0. The topological polar surface area (TPSA) is 60.1 Å². The Morgan fingerprint density at radius 1 is 1.16 bits per heavy atom. The summed E-state index contributed by atoms with van der Waals surface area (Å²) in [5.41, 5.74) is 9.50. The lowest BCUT2D eigenvalue weighted by atomic mass is 9.79. The molecule has 2 atom stereocenters. The van der Waals surface area contributed by atoms with Crippen molar-refractivity contribution < 1.29 is 9.57 Å². The van der Waals surface area contributed by atoms with Gasteiger partial charge in [-0.2, -0.15) is 0 Å². The first kappa shape index (κ1) is 20.0. The highest BCUT2D eigenvalue weighted by atomic mass is 16.7. The Balaban J connectivity index is 1.61. The Morgan fingerprint density at radius 3 is 2.71 bits per heavy atom. The number of hydroxylamine groups is 2. The predicted octanol–water partition coefficient (Wildman–Crippen LogP) is 4.14. The second kappa shape index (κ2) is 7.32. The molecule has 0 aromatic heterocycles. The van der Waals surface area contributed by atoms with Crippen LogP contribution in [0.3, 0.4) is 0 Å². The minimum atomic E-state index is -0.888. The zero-order chi connectivity index (χ0) is 21.6. The maximum Gasteiger partial charge on any atom is 0.222 e. The molecular weight excluding hydrogens is 386 g/mol. The number of aliphatic imine (C=N–C) groups is 1. The lowest BCUT2D eigenvalue weighted by Crippen LogP contribution is -2.49. The van der Waals surface area contributed by atoms with Crippen LogP contribution in [-0.4, -0.2) is 23.7 Å². The van der Waals surface area contributed by atoms with Crippen LogP contribution < -0.4 is 10.5 Å². The molecule has 31 heavy (non-hydrogen) atoms. The minimum Gasteiger partial charge on any atom is -0.486 e. The van der Waals surface area contributed by atoms with Gasteiger partial charge in [0, 0.05) is 31.4 Å². The van der Waals surface area contributed by atoms with Crippen LogP contribution in [0.4, 0.5) is 0 Å². The number of nitrogens with two attached hydrogens (primary N) is 1. The zero-order valence-corrected chi connectivity index (χ0v) is 18.4. The van der Waals surface area contributed by atoms with E-state index in [0.29, 0.717) is 18.3 Å². The van der Waals surface area contributed by atoms with Gasteiger partial charge in [-0.05, 0) is 48.6 Å². The molecule has 2 heterocycles. The van der Waals surface area contributed by atoms with Crippen LogP contribution in [0.25, 0.3) is 0 Å². The average Bonchev–Trinajstić information content (AvgIpc) is 2.90. The van der Waals surface area contributed by atoms with Gasteiger partial charge < -0.3 is 10.5 Å². The molecule has 160 valence electrons. The van der Waals surface area contributed by atoms with E-state index in [-0.39, 0.29) is 5.60 Å². The molecule has 5 rings (SSSR count). The van der Waals surface area contributed by atoms with Crippen molar-refractivity contribution in [1.82, 2.24) is 5.06 Å². The summed E-state index contributed by atoms with van der Waals surface area (Å²) in [5.74, 6) is 8.00. The molecule has 0 fully saturated rings. The van der Waals surface area contributed by atoms with Gasteiger partial charge in [0.05, 0.1) is 5.56 Å². The van der Waals surface area contributed by atoms with Crippen molar-refractivity contribution in [3.63, 3.8) is 0 Å². The summed E-state index contributed by atoms with van der Waals surface area (Å²) < 4.78 is 6.78. The van der Waals surface area contributed by atoms with Gasteiger partial charge in [-0.25, -0.2) is 14.9 Å². The van der Waals surface area contributed by atoms with E-state index in [1.165, 1.54) is 11.1 Å². The van der Waals surface area contributed by atoms with Crippen molar-refractivity contribution in [2.24, 2.45) is 16.6 Å². The molecule has 0 saturated carbocycles. The van der Waals surface area contributed by atoms with E-state index >= 15 is 0 Å². The van der Waals surface area contributed by atoms with E-state index in [2.05, 4.69) is 56.0 Å². The molecule has 2 N–H and O–H groups in total. The molecular formula is C26H29N3O2. The number of guanidine groups is 1. The SMILES string of the molecule is CC(C)C#Cc1ccc2c(c1)C1(CC3(CCCc4ccccc4C3)O2)N=C(N)N(C)O1. The predicted molar refractivity (Wildman–Crippen MR) is 121 cm³/mol. The van der Waals surface area contributed by atoms with Gasteiger partial charge in [0.1, 0.15) is 11.4 Å². The van der Waals surface area contributed by atoms with Crippen LogP contribution in [0.15, 0.2) is 47.5 Å². The highest BCUT2D eigenvalue weighted by Crippen LogP contribution is 2.52. The molecule has 2 aliphatic heterocycles. The Hall–Kier alpha value is -2.97. The third-order valence-electron chi connectivity index (χ3n) is 6.41. The van der Waals surface area contributed by atoms with Crippen molar-refractivity contribution in [1.29, 1.82) is 0 Å². The Kier molecular flexibility index (Phi) is 4.71. The smallest absolute Gasteiger partial charge is 0.222 e. The first-order chi connectivity index (χ1) is 14.9. The molecule has 5 heteroatoms. The Bertz CT molecular complexity index is 1110. The first-order valence-corrected chi connectivity index (χ1v) is 11.1. The van der Waals surface area contributed by atoms with Crippen LogP contribution >= 0.6 is 0 Å². The normalized spacial score (nSPS) is 26.6. The first-order valence-electron chi connectivity index (χ1n) is 11.1. The maximum atomic E-state index is 6.78. The summed E-state index contributed by atoms with van der Waals surface area (Å²) in [6, 6.07) is 14.8. The van der Waals surface area contributed by atoms with Crippen LogP contribution in [0, 0.1) is 17.8 Å². The number of benzene rings is 2. The molecule has 2 unspecified atom stereocenters. The molecule has 0 bridgehead atoms. The van der Waals surface area contributed by atoms with Gasteiger partial charge in [0.2, 0.25) is 11.7 Å². The summed E-state index contributed by atoms with van der Waals surface area (Å²) in [5, 5.41) is 1.57. The van der Waals surface area contributed by atoms with Gasteiger partial charge >= 0.3 is 0 Å². The maximum absolute atomic E-state index is 6.78. The van der Waals surface area contributed by atoms with Crippen molar-refractivity contribution in [2.75, 3.05) is 7.05 Å². The van der Waals surface area contributed by atoms with Crippen LogP contribution in [-0.2, 0) is 23.4 Å². The van der Waals surface area contributed by atoms with Gasteiger partial charge in [-0.3, -0.25) is 0 Å². The molecule has 0 saturated heterocycles. The number of fused-ring (bicyclic) bond motifs is 3. The number of hydrogen-bond acceptors (Lipinski definition) is 5. The average molecular weight is 416 g/mol. The van der Waals surface area contributed by atoms with E-state index in [9.17, 15) is 0 Å². The summed E-state index contributed by atoms with van der Waals surface area (Å²) in [7, 11) is 1.81. The second-order valence-electron chi connectivity index (χ2n) is 9.24. The highest BCUT2D eigenvalue weighted by Gasteiger charge is 2.54. The van der Waals surface area contributed by atoms with E-state index in [4.69, 9.17) is 20.3 Å². The molecule has 5 nitrogen and oxygen atoms in total. The Morgan fingerprint density at radius 2 is 1.97 bits per heavy atom. The fraction of sp³-hybridized carbons (Fsp3) is 0.423. The van der Waals surface area contributed by atoms with Crippen molar-refractivity contribution in [3.05, 3.63) is 64.7 Å². The monoisotopic (exact) mass is 415 g/mol. The molecule has 3 aliphatic rings. The molecule has 2 aromatic rings. The third-order valence-corrected chi connectivity index (χ3v) is 6.41. The van der Waals surface area contributed by atoms with Crippen LogP contribution in [0.1, 0.15) is 55.4 Å². The zero-order valence-electron chi connectivity index (χ0n) is 18.4. The highest BCUT2D eigenvalue weighted by molar-refractivity contribution is 5.79. The van der Waals surface area contributed by atoms with Gasteiger partial charge in [-0.15, -0.1) is 0 Å². The molecule has 2 spiro atoms. The van der Waals surface area contributed by atoms with Crippen molar-refractivity contribution in [3.8, 4) is 17.6 Å². The van der Waals surface area contributed by atoms with E-state index in [0.717, 1.165) is 42.6 Å². The number of aryl methyl sites for hydroxylation is 1. The number of nitrogens with zero attached hydrogens (tertiary/aromatic N) is 2.